The molecule has 3 nitrogen and oxygen atoms in total. The summed E-state index contributed by atoms with van der Waals surface area (Å²) in [6, 6.07) is 0.588. The molecule has 0 aromatic rings. The van der Waals surface area contributed by atoms with Crippen LogP contribution in [0.5, 0.6) is 0 Å². The third-order valence-corrected chi connectivity index (χ3v) is 5.28. The van der Waals surface area contributed by atoms with Gasteiger partial charge in [0.05, 0.1) is 6.10 Å². The van der Waals surface area contributed by atoms with Crippen molar-refractivity contribution in [3.63, 3.8) is 0 Å². The van der Waals surface area contributed by atoms with Crippen LogP contribution in [0.2, 0.25) is 0 Å². The number of hydrogen-bond acceptors (Lipinski definition) is 3. The molecule has 0 bridgehead atoms. The molecule has 0 atom stereocenters. The van der Waals surface area contributed by atoms with Gasteiger partial charge in [-0.15, -0.1) is 0 Å². The molecule has 0 radical (unpaired) electrons. The van der Waals surface area contributed by atoms with Crippen molar-refractivity contribution in [1.29, 1.82) is 0 Å². The summed E-state index contributed by atoms with van der Waals surface area (Å²) in [6.45, 7) is 1.09. The minimum absolute atomic E-state index is 0.0478. The first-order valence-electron chi connectivity index (χ1n) is 6.50. The van der Waals surface area contributed by atoms with E-state index in [1.807, 2.05) is 0 Å². The van der Waals surface area contributed by atoms with Gasteiger partial charge < -0.3 is 10.4 Å². The Hall–Kier alpha value is 0.0700. The second-order valence-electron chi connectivity index (χ2n) is 5.21. The third kappa shape index (κ3) is 3.82. The summed E-state index contributed by atoms with van der Waals surface area (Å²) in [5, 5.41) is 13.0. The van der Waals surface area contributed by atoms with Crippen LogP contribution >= 0.6 is 0 Å². The van der Waals surface area contributed by atoms with Gasteiger partial charge >= 0.3 is 0 Å². The topological polar surface area (TPSA) is 49.3 Å². The van der Waals surface area contributed by atoms with Crippen LogP contribution in [-0.2, 0) is 10.8 Å². The highest BCUT2D eigenvalue weighted by Gasteiger charge is 2.22. The van der Waals surface area contributed by atoms with Gasteiger partial charge in [-0.25, -0.2) is 0 Å². The van der Waals surface area contributed by atoms with Crippen molar-refractivity contribution in [2.24, 2.45) is 5.92 Å². The van der Waals surface area contributed by atoms with Gasteiger partial charge in [0.2, 0.25) is 0 Å². The smallest absolute Gasteiger partial charge is 0.0540 e. The van der Waals surface area contributed by atoms with E-state index in [0.29, 0.717) is 6.04 Å². The van der Waals surface area contributed by atoms with Crippen LogP contribution in [0, 0.1) is 5.92 Å². The molecule has 2 aliphatic rings. The molecule has 0 aromatic heterocycles. The van der Waals surface area contributed by atoms with Crippen LogP contribution < -0.4 is 5.32 Å². The zero-order chi connectivity index (χ0) is 11.4. The summed E-state index contributed by atoms with van der Waals surface area (Å²) in [6.07, 6.45) is 6.36. The highest BCUT2D eigenvalue weighted by atomic mass is 32.2. The number of aliphatic hydroxyl groups excluding tert-OH is 1. The molecule has 1 heterocycles. The number of hydrogen-bond donors (Lipinski definition) is 2. The monoisotopic (exact) mass is 245 g/mol. The standard InChI is InChI=1S/C12H23NO2S/c14-12-3-1-10(2-4-12)9-13-11-5-7-16(15)8-6-11/h10-14H,1-9H2. The van der Waals surface area contributed by atoms with Gasteiger partial charge in [0, 0.05) is 28.3 Å². The lowest BCUT2D eigenvalue weighted by atomic mass is 9.87. The molecule has 4 heteroatoms. The first kappa shape index (κ1) is 12.5. The molecule has 1 saturated heterocycles. The Morgan fingerprint density at radius 1 is 1.06 bits per heavy atom. The molecule has 94 valence electrons. The maximum atomic E-state index is 11.2. The van der Waals surface area contributed by atoms with Crippen molar-refractivity contribution in [2.75, 3.05) is 18.1 Å². The average molecular weight is 245 g/mol. The van der Waals surface area contributed by atoms with E-state index in [9.17, 15) is 9.32 Å². The SMILES string of the molecule is O=S1CCC(NCC2CCC(O)CC2)CC1. The second-order valence-corrected chi connectivity index (χ2v) is 6.90. The fourth-order valence-corrected chi connectivity index (χ4v) is 3.98. The first-order chi connectivity index (χ1) is 7.74. The normalized spacial score (nSPS) is 40.8. The van der Waals surface area contributed by atoms with Crippen LogP contribution in [-0.4, -0.2) is 39.5 Å². The molecule has 2 rings (SSSR count). The molecule has 0 spiro atoms. The fraction of sp³-hybridized carbons (Fsp3) is 1.00. The van der Waals surface area contributed by atoms with Crippen LogP contribution in [0.15, 0.2) is 0 Å². The van der Waals surface area contributed by atoms with Crippen molar-refractivity contribution < 1.29 is 9.32 Å². The lowest BCUT2D eigenvalue weighted by Crippen LogP contribution is -2.39. The summed E-state index contributed by atoms with van der Waals surface area (Å²) >= 11 is 0. The average Bonchev–Trinajstić information content (AvgIpc) is 2.30. The van der Waals surface area contributed by atoms with E-state index < -0.39 is 10.8 Å². The fourth-order valence-electron chi connectivity index (χ4n) is 2.68. The van der Waals surface area contributed by atoms with Gasteiger partial charge in [0.25, 0.3) is 0 Å². The minimum atomic E-state index is -0.547. The molecular weight excluding hydrogens is 222 g/mol. The second kappa shape index (κ2) is 6.12. The van der Waals surface area contributed by atoms with Gasteiger partial charge in [-0.3, -0.25) is 4.21 Å². The summed E-state index contributed by atoms with van der Waals surface area (Å²) in [4.78, 5) is 0. The quantitative estimate of drug-likeness (QED) is 0.781. The van der Waals surface area contributed by atoms with Crippen LogP contribution in [0.25, 0.3) is 0 Å². The minimum Gasteiger partial charge on any atom is -0.393 e. The zero-order valence-corrected chi connectivity index (χ0v) is 10.7. The molecule has 1 aliphatic heterocycles. The molecule has 2 N–H and O–H groups in total. The Morgan fingerprint density at radius 3 is 2.31 bits per heavy atom. The van der Waals surface area contributed by atoms with Gasteiger partial charge in [-0.05, 0) is 51.0 Å². The van der Waals surface area contributed by atoms with E-state index in [2.05, 4.69) is 5.32 Å². The molecule has 16 heavy (non-hydrogen) atoms. The van der Waals surface area contributed by atoms with Gasteiger partial charge in [-0.1, -0.05) is 0 Å². The van der Waals surface area contributed by atoms with Crippen LogP contribution in [0.1, 0.15) is 38.5 Å². The Labute approximate surface area is 100 Å². The lowest BCUT2D eigenvalue weighted by Gasteiger charge is -2.29. The lowest BCUT2D eigenvalue weighted by molar-refractivity contribution is 0.107. The largest absolute Gasteiger partial charge is 0.393 e. The first-order valence-corrected chi connectivity index (χ1v) is 7.99. The number of rotatable bonds is 3. The predicted molar refractivity (Wildman–Crippen MR) is 66.9 cm³/mol. The van der Waals surface area contributed by atoms with Crippen molar-refractivity contribution in [3.05, 3.63) is 0 Å². The summed E-state index contributed by atoms with van der Waals surface area (Å²) in [7, 11) is -0.547. The van der Waals surface area contributed by atoms with E-state index >= 15 is 0 Å². The van der Waals surface area contributed by atoms with Crippen molar-refractivity contribution in [2.45, 2.75) is 50.7 Å². The molecule has 1 aliphatic carbocycles. The molecule has 2 fully saturated rings. The molecular formula is C12H23NO2S. The molecule has 0 amide bonds. The van der Waals surface area contributed by atoms with Crippen molar-refractivity contribution >= 4 is 10.8 Å². The zero-order valence-electron chi connectivity index (χ0n) is 9.86. The summed E-state index contributed by atoms with van der Waals surface area (Å²) in [5.74, 6) is 2.50. The number of nitrogens with one attached hydrogen (secondary N) is 1. The van der Waals surface area contributed by atoms with Gasteiger partial charge in [0.1, 0.15) is 0 Å². The molecule has 0 aromatic carbocycles. The van der Waals surface area contributed by atoms with Crippen molar-refractivity contribution in [1.82, 2.24) is 5.32 Å². The Kier molecular flexibility index (Phi) is 4.79. The summed E-state index contributed by atoms with van der Waals surface area (Å²) in [5.41, 5.74) is 0. The van der Waals surface area contributed by atoms with Crippen molar-refractivity contribution in [3.8, 4) is 0 Å². The van der Waals surface area contributed by atoms with E-state index in [-0.39, 0.29) is 6.10 Å². The number of aliphatic hydroxyl groups is 1. The van der Waals surface area contributed by atoms with Crippen LogP contribution in [0.3, 0.4) is 0 Å². The highest BCUT2D eigenvalue weighted by Crippen LogP contribution is 2.23. The van der Waals surface area contributed by atoms with Gasteiger partial charge in [0.15, 0.2) is 0 Å². The molecule has 1 saturated carbocycles. The predicted octanol–water partition coefficient (Wildman–Crippen LogP) is 1.04. The maximum Gasteiger partial charge on any atom is 0.0540 e. The maximum absolute atomic E-state index is 11.2. The van der Waals surface area contributed by atoms with Crippen LogP contribution in [0.4, 0.5) is 0 Å². The Bertz CT molecular complexity index is 229. The Balaban J connectivity index is 1.62. The van der Waals surface area contributed by atoms with Gasteiger partial charge in [-0.2, -0.15) is 0 Å². The Morgan fingerprint density at radius 2 is 1.69 bits per heavy atom. The highest BCUT2D eigenvalue weighted by molar-refractivity contribution is 7.85. The van der Waals surface area contributed by atoms with E-state index in [4.69, 9.17) is 0 Å². The summed E-state index contributed by atoms with van der Waals surface area (Å²) < 4.78 is 11.2. The van der Waals surface area contributed by atoms with E-state index in [1.165, 1.54) is 0 Å². The van der Waals surface area contributed by atoms with E-state index in [1.54, 1.807) is 0 Å². The third-order valence-electron chi connectivity index (χ3n) is 3.90. The van der Waals surface area contributed by atoms with E-state index in [0.717, 1.165) is 62.5 Å². The molecule has 0 unspecified atom stereocenters.